The Morgan fingerprint density at radius 2 is 1.42 bits per heavy atom. The third-order valence-corrected chi connectivity index (χ3v) is 3.49. The average Bonchev–Trinajstić information content (AvgIpc) is 2.62. The Morgan fingerprint density at radius 1 is 0.846 bits per heavy atom. The molecule has 0 bridgehead atoms. The highest BCUT2D eigenvalue weighted by molar-refractivity contribution is 5.85. The van der Waals surface area contributed by atoms with E-state index < -0.39 is 9.85 Å². The lowest BCUT2D eigenvalue weighted by Gasteiger charge is -2.01. The zero-order valence-electron chi connectivity index (χ0n) is 13.1. The molecule has 1 aromatic carbocycles. The quantitative estimate of drug-likeness (QED) is 0.358. The number of aromatic nitrogens is 2. The van der Waals surface area contributed by atoms with Gasteiger partial charge in [-0.3, -0.25) is 25.2 Å². The molecule has 2 aromatic heterocycles. The molecule has 2 heterocycles. The number of non-ortho nitro benzene ring substituents is 1. The van der Waals surface area contributed by atoms with Crippen LogP contribution in [0.5, 0.6) is 0 Å². The third-order valence-electron chi connectivity index (χ3n) is 3.49. The van der Waals surface area contributed by atoms with E-state index in [1.165, 1.54) is 12.1 Å². The zero-order valence-corrected chi connectivity index (χ0v) is 14.6. The predicted octanol–water partition coefficient (Wildman–Crippen LogP) is 0.267. The number of benzene rings is 1. The molecule has 0 aliphatic carbocycles. The lowest BCUT2D eigenvalue weighted by atomic mass is 10.1. The van der Waals surface area contributed by atoms with Crippen LogP contribution in [0.2, 0.25) is 0 Å². The summed E-state index contributed by atoms with van der Waals surface area (Å²) in [5.41, 5.74) is 1.51. The standard InChI is InChI=1S/C16H11N4O4.2ClH/c21-19(22)14-1-2-15(16(11-14)20(23)24)18-9-5-13(6-10-18)12-3-7-17-8-4-12;;/h1-11H;2*1H/q+1;;/p-1. The molecule has 0 unspecified atom stereocenters. The van der Waals surface area contributed by atoms with Crippen LogP contribution < -0.4 is 17.0 Å². The Kier molecular flexibility index (Phi) is 7.12. The van der Waals surface area contributed by atoms with Crippen LogP contribution in [0.3, 0.4) is 0 Å². The lowest BCUT2D eigenvalue weighted by molar-refractivity contribution is -0.600. The number of nitrogens with zero attached hydrogens (tertiary/aromatic N) is 4. The van der Waals surface area contributed by atoms with Gasteiger partial charge >= 0.3 is 5.69 Å². The molecular formula is C16H12Cl2N4O4. The fraction of sp³-hybridized carbons (Fsp3) is 0. The average molecular weight is 395 g/mol. The van der Waals surface area contributed by atoms with E-state index in [1.807, 2.05) is 12.1 Å². The van der Waals surface area contributed by atoms with E-state index in [0.29, 0.717) is 0 Å². The highest BCUT2D eigenvalue weighted by atomic mass is 35.5. The van der Waals surface area contributed by atoms with Gasteiger partial charge in [-0.2, -0.15) is 4.57 Å². The van der Waals surface area contributed by atoms with Gasteiger partial charge < -0.3 is 12.4 Å². The van der Waals surface area contributed by atoms with E-state index in [-0.39, 0.29) is 41.9 Å². The first-order valence-electron chi connectivity index (χ1n) is 6.91. The summed E-state index contributed by atoms with van der Waals surface area (Å²) >= 11 is 0. The van der Waals surface area contributed by atoms with Crippen molar-refractivity contribution in [1.82, 2.24) is 4.98 Å². The van der Waals surface area contributed by atoms with Crippen molar-refractivity contribution in [3.05, 3.63) is 87.5 Å². The molecule has 0 spiro atoms. The van der Waals surface area contributed by atoms with Gasteiger partial charge in [0.2, 0.25) is 0 Å². The maximum Gasteiger partial charge on any atom is 0.347 e. The van der Waals surface area contributed by atoms with Crippen LogP contribution in [-0.4, -0.2) is 14.8 Å². The summed E-state index contributed by atoms with van der Waals surface area (Å²) in [6.07, 6.45) is 6.70. The highest BCUT2D eigenvalue weighted by Crippen LogP contribution is 2.25. The fourth-order valence-electron chi connectivity index (χ4n) is 2.31. The topological polar surface area (TPSA) is 103 Å². The normalized spacial score (nSPS) is 9.54. The molecule has 3 rings (SSSR count). The number of hydrogen-bond acceptors (Lipinski definition) is 5. The van der Waals surface area contributed by atoms with Crippen LogP contribution in [0.15, 0.2) is 67.3 Å². The summed E-state index contributed by atoms with van der Waals surface area (Å²) < 4.78 is 1.55. The molecule has 134 valence electrons. The molecule has 26 heavy (non-hydrogen) atoms. The number of nitro groups is 2. The van der Waals surface area contributed by atoms with Gasteiger partial charge in [0.05, 0.1) is 9.85 Å². The lowest BCUT2D eigenvalue weighted by Crippen LogP contribution is -3.00. The van der Waals surface area contributed by atoms with Gasteiger partial charge in [-0.05, 0) is 23.3 Å². The van der Waals surface area contributed by atoms with Crippen LogP contribution in [0, 0.1) is 20.2 Å². The second-order valence-corrected chi connectivity index (χ2v) is 4.92. The summed E-state index contributed by atoms with van der Waals surface area (Å²) in [4.78, 5) is 24.7. The first-order valence-corrected chi connectivity index (χ1v) is 6.91. The van der Waals surface area contributed by atoms with Crippen molar-refractivity contribution in [2.75, 3.05) is 0 Å². The molecule has 8 nitrogen and oxygen atoms in total. The monoisotopic (exact) mass is 394 g/mol. The fourth-order valence-corrected chi connectivity index (χ4v) is 2.31. The van der Waals surface area contributed by atoms with E-state index >= 15 is 0 Å². The Bertz CT molecular complexity index is 921. The molecule has 0 fully saturated rings. The van der Waals surface area contributed by atoms with Crippen LogP contribution >= 0.6 is 12.4 Å². The van der Waals surface area contributed by atoms with Crippen LogP contribution in [0.4, 0.5) is 11.4 Å². The third kappa shape index (κ3) is 4.29. The van der Waals surface area contributed by atoms with E-state index in [2.05, 4.69) is 4.98 Å². The Balaban J connectivity index is 0.00000169. The summed E-state index contributed by atoms with van der Waals surface area (Å²) in [6.45, 7) is 0. The molecule has 0 aliphatic heterocycles. The van der Waals surface area contributed by atoms with Crippen LogP contribution in [0.25, 0.3) is 16.8 Å². The number of pyridine rings is 2. The van der Waals surface area contributed by atoms with Crippen molar-refractivity contribution in [1.29, 1.82) is 0 Å². The summed E-state index contributed by atoms with van der Waals surface area (Å²) in [7, 11) is 0. The molecule has 0 radical (unpaired) electrons. The van der Waals surface area contributed by atoms with Crippen LogP contribution in [0.1, 0.15) is 0 Å². The van der Waals surface area contributed by atoms with Crippen molar-refractivity contribution in [2.45, 2.75) is 0 Å². The Morgan fingerprint density at radius 3 is 1.96 bits per heavy atom. The van der Waals surface area contributed by atoms with E-state index in [9.17, 15) is 20.2 Å². The minimum Gasteiger partial charge on any atom is -1.00 e. The number of nitro benzene ring substituents is 2. The largest absolute Gasteiger partial charge is 1.00 e. The Labute approximate surface area is 160 Å². The molecular weight excluding hydrogens is 383 g/mol. The van der Waals surface area contributed by atoms with Crippen molar-refractivity contribution in [2.24, 2.45) is 0 Å². The van der Waals surface area contributed by atoms with Crippen molar-refractivity contribution in [3.8, 4) is 16.8 Å². The number of hydrogen-bond donors (Lipinski definition) is 0. The molecule has 3 aromatic rings. The first kappa shape index (κ1) is 20.9. The number of rotatable bonds is 4. The smallest absolute Gasteiger partial charge is 0.347 e. The minimum absolute atomic E-state index is 0. The van der Waals surface area contributed by atoms with Gasteiger partial charge in [0, 0.05) is 36.7 Å². The van der Waals surface area contributed by atoms with Gasteiger partial charge in [0.15, 0.2) is 12.4 Å². The summed E-state index contributed by atoms with van der Waals surface area (Å²) in [6, 6.07) is 10.9. The maximum atomic E-state index is 11.2. The molecule has 10 heteroatoms. The summed E-state index contributed by atoms with van der Waals surface area (Å²) in [5.74, 6) is 0. The minimum atomic E-state index is -0.659. The van der Waals surface area contributed by atoms with Gasteiger partial charge in [-0.1, -0.05) is 0 Å². The first-order chi connectivity index (χ1) is 11.6. The molecule has 0 amide bonds. The summed E-state index contributed by atoms with van der Waals surface area (Å²) in [5, 5.41) is 22.0. The predicted molar refractivity (Wildman–Crippen MR) is 91.8 cm³/mol. The van der Waals surface area contributed by atoms with Crippen molar-refractivity contribution < 1.29 is 26.8 Å². The molecule has 0 N–H and O–H groups in total. The SMILES string of the molecule is Cl.O=[N+]([O-])c1ccc(-[n+]2ccc(-c3ccncc3)cc2)c([N+](=O)[O-])c1.[Cl-]. The molecule has 0 aliphatic rings. The van der Waals surface area contributed by atoms with Gasteiger partial charge in [-0.15, -0.1) is 12.4 Å². The molecule has 0 atom stereocenters. The van der Waals surface area contributed by atoms with E-state index in [1.54, 1.807) is 41.5 Å². The molecule has 0 saturated carbocycles. The Hall–Kier alpha value is -3.10. The second-order valence-electron chi connectivity index (χ2n) is 4.92. The van der Waals surface area contributed by atoms with Crippen molar-refractivity contribution >= 4 is 23.8 Å². The molecule has 0 saturated heterocycles. The second kappa shape index (κ2) is 8.84. The van der Waals surface area contributed by atoms with Gasteiger partial charge in [0.1, 0.15) is 6.07 Å². The highest BCUT2D eigenvalue weighted by Gasteiger charge is 2.26. The number of halogens is 2. The van der Waals surface area contributed by atoms with Crippen molar-refractivity contribution in [3.63, 3.8) is 0 Å². The maximum absolute atomic E-state index is 11.2. The van der Waals surface area contributed by atoms with Gasteiger partial charge in [-0.25, -0.2) is 0 Å². The van der Waals surface area contributed by atoms with Crippen LogP contribution in [-0.2, 0) is 0 Å². The zero-order chi connectivity index (χ0) is 17.1. The van der Waals surface area contributed by atoms with E-state index in [0.717, 1.165) is 17.2 Å². The van der Waals surface area contributed by atoms with E-state index in [4.69, 9.17) is 0 Å². The van der Waals surface area contributed by atoms with Gasteiger partial charge in [0.25, 0.3) is 11.4 Å².